The molecule has 0 aliphatic rings. The molecule has 0 aliphatic heterocycles. The standard InChI is InChI=1S/C14H17N3O4/c1-8(14(19)20)13(18)15-7-12-16-10-6-9(21-3)4-5-11(10)17(12)2/h4-6,8H,7H2,1-3H3,(H,15,18)(H,19,20). The van der Waals surface area contributed by atoms with Crippen LogP contribution in [0.5, 0.6) is 5.75 Å². The van der Waals surface area contributed by atoms with Gasteiger partial charge in [-0.25, -0.2) is 4.98 Å². The molecule has 1 heterocycles. The number of amides is 1. The number of rotatable bonds is 5. The normalized spacial score (nSPS) is 12.1. The van der Waals surface area contributed by atoms with Crippen molar-refractivity contribution in [2.45, 2.75) is 13.5 Å². The fraction of sp³-hybridized carbons (Fsp3) is 0.357. The van der Waals surface area contributed by atoms with Crippen LogP contribution in [0.2, 0.25) is 0 Å². The maximum absolute atomic E-state index is 11.6. The summed E-state index contributed by atoms with van der Waals surface area (Å²) < 4.78 is 6.99. The van der Waals surface area contributed by atoms with Crippen LogP contribution in [0.15, 0.2) is 18.2 Å². The van der Waals surface area contributed by atoms with Crippen molar-refractivity contribution in [3.8, 4) is 5.75 Å². The molecular formula is C14H17N3O4. The number of aliphatic carboxylic acids is 1. The van der Waals surface area contributed by atoms with Crippen LogP contribution in [0.25, 0.3) is 11.0 Å². The van der Waals surface area contributed by atoms with E-state index in [2.05, 4.69) is 10.3 Å². The zero-order valence-corrected chi connectivity index (χ0v) is 12.1. The molecule has 112 valence electrons. The van der Waals surface area contributed by atoms with Crippen molar-refractivity contribution in [1.82, 2.24) is 14.9 Å². The quantitative estimate of drug-likeness (QED) is 0.799. The zero-order valence-electron chi connectivity index (χ0n) is 12.1. The second kappa shape index (κ2) is 5.82. The van der Waals surface area contributed by atoms with Crippen LogP contribution in [-0.2, 0) is 23.2 Å². The average molecular weight is 291 g/mol. The smallest absolute Gasteiger partial charge is 0.315 e. The van der Waals surface area contributed by atoms with Crippen molar-refractivity contribution >= 4 is 22.9 Å². The average Bonchev–Trinajstić information content (AvgIpc) is 2.79. The summed E-state index contributed by atoms with van der Waals surface area (Å²) in [7, 11) is 3.42. The van der Waals surface area contributed by atoms with Crippen molar-refractivity contribution in [1.29, 1.82) is 0 Å². The van der Waals surface area contributed by atoms with Gasteiger partial charge in [0.25, 0.3) is 0 Å². The van der Waals surface area contributed by atoms with E-state index in [1.54, 1.807) is 13.2 Å². The number of imidazole rings is 1. The highest BCUT2D eigenvalue weighted by atomic mass is 16.5. The van der Waals surface area contributed by atoms with Crippen molar-refractivity contribution < 1.29 is 19.4 Å². The van der Waals surface area contributed by atoms with Gasteiger partial charge in [-0.3, -0.25) is 9.59 Å². The third-order valence-corrected chi connectivity index (χ3v) is 3.37. The van der Waals surface area contributed by atoms with Gasteiger partial charge in [0.15, 0.2) is 0 Å². The van der Waals surface area contributed by atoms with Gasteiger partial charge in [0.2, 0.25) is 5.91 Å². The topological polar surface area (TPSA) is 93.4 Å². The number of fused-ring (bicyclic) bond motifs is 1. The highest BCUT2D eigenvalue weighted by Crippen LogP contribution is 2.20. The lowest BCUT2D eigenvalue weighted by Gasteiger charge is -2.08. The van der Waals surface area contributed by atoms with Gasteiger partial charge in [0, 0.05) is 13.1 Å². The maximum atomic E-state index is 11.6. The van der Waals surface area contributed by atoms with E-state index in [0.29, 0.717) is 11.6 Å². The van der Waals surface area contributed by atoms with Gasteiger partial charge in [-0.15, -0.1) is 0 Å². The maximum Gasteiger partial charge on any atom is 0.315 e. The van der Waals surface area contributed by atoms with Gasteiger partial charge in [-0.1, -0.05) is 0 Å². The number of nitrogens with one attached hydrogen (secondary N) is 1. The van der Waals surface area contributed by atoms with Crippen LogP contribution in [0, 0.1) is 5.92 Å². The van der Waals surface area contributed by atoms with Gasteiger partial charge in [-0.2, -0.15) is 0 Å². The Balaban J connectivity index is 2.17. The van der Waals surface area contributed by atoms with Crippen molar-refractivity contribution in [2.24, 2.45) is 13.0 Å². The van der Waals surface area contributed by atoms with E-state index in [1.165, 1.54) is 6.92 Å². The molecule has 2 aromatic rings. The number of carboxylic acids is 1. The van der Waals surface area contributed by atoms with E-state index in [0.717, 1.165) is 11.0 Å². The van der Waals surface area contributed by atoms with E-state index in [4.69, 9.17) is 9.84 Å². The first-order valence-corrected chi connectivity index (χ1v) is 6.44. The number of ether oxygens (including phenoxy) is 1. The second-order valence-corrected chi connectivity index (χ2v) is 4.72. The summed E-state index contributed by atoms with van der Waals surface area (Å²) in [6, 6.07) is 5.52. The Bertz CT molecular complexity index is 693. The van der Waals surface area contributed by atoms with Gasteiger partial charge >= 0.3 is 5.97 Å². The number of hydrogen-bond donors (Lipinski definition) is 2. The predicted octanol–water partition coefficient (Wildman–Crippen LogP) is 0.919. The number of hydrogen-bond acceptors (Lipinski definition) is 4. The molecule has 1 aromatic heterocycles. The minimum Gasteiger partial charge on any atom is -0.497 e. The molecule has 1 atom stereocenters. The second-order valence-electron chi connectivity index (χ2n) is 4.72. The highest BCUT2D eigenvalue weighted by Gasteiger charge is 2.20. The first-order chi connectivity index (χ1) is 9.93. The molecule has 0 saturated carbocycles. The van der Waals surface area contributed by atoms with Gasteiger partial charge < -0.3 is 19.7 Å². The summed E-state index contributed by atoms with van der Waals surface area (Å²) in [6.07, 6.45) is 0. The minimum atomic E-state index is -1.15. The number of benzene rings is 1. The molecule has 7 heteroatoms. The Kier molecular flexibility index (Phi) is 4.11. The number of methoxy groups -OCH3 is 1. The van der Waals surface area contributed by atoms with E-state index >= 15 is 0 Å². The first-order valence-electron chi connectivity index (χ1n) is 6.44. The number of aryl methyl sites for hydroxylation is 1. The minimum absolute atomic E-state index is 0.171. The van der Waals surface area contributed by atoms with Crippen LogP contribution in [-0.4, -0.2) is 33.6 Å². The lowest BCUT2D eigenvalue weighted by molar-refractivity contribution is -0.146. The first kappa shape index (κ1) is 14.8. The molecule has 0 spiro atoms. The van der Waals surface area contributed by atoms with Crippen LogP contribution >= 0.6 is 0 Å². The number of aromatic nitrogens is 2. The van der Waals surface area contributed by atoms with Crippen LogP contribution in [0.1, 0.15) is 12.7 Å². The largest absolute Gasteiger partial charge is 0.497 e. The molecule has 7 nitrogen and oxygen atoms in total. The summed E-state index contributed by atoms with van der Waals surface area (Å²) in [5.41, 5.74) is 1.67. The van der Waals surface area contributed by atoms with Crippen LogP contribution in [0.3, 0.4) is 0 Å². The summed E-state index contributed by atoms with van der Waals surface area (Å²) in [4.78, 5) is 26.8. The monoisotopic (exact) mass is 291 g/mol. The molecule has 1 amide bonds. The summed E-state index contributed by atoms with van der Waals surface area (Å²) in [5.74, 6) is -1.42. The van der Waals surface area contributed by atoms with Gasteiger partial charge in [0.1, 0.15) is 17.5 Å². The van der Waals surface area contributed by atoms with E-state index in [9.17, 15) is 9.59 Å². The third kappa shape index (κ3) is 2.96. The molecule has 0 saturated heterocycles. The van der Waals surface area contributed by atoms with Crippen LogP contribution in [0.4, 0.5) is 0 Å². The SMILES string of the molecule is COc1ccc2c(c1)nc(CNC(=O)C(C)C(=O)O)n2C. The van der Waals surface area contributed by atoms with E-state index in [1.807, 2.05) is 23.7 Å². The van der Waals surface area contributed by atoms with Crippen molar-refractivity contribution in [2.75, 3.05) is 7.11 Å². The molecule has 2 N–H and O–H groups in total. The highest BCUT2D eigenvalue weighted by molar-refractivity contribution is 5.96. The lowest BCUT2D eigenvalue weighted by atomic mass is 10.2. The molecule has 2 rings (SSSR count). The molecule has 0 bridgehead atoms. The Morgan fingerprint density at radius 1 is 1.48 bits per heavy atom. The zero-order chi connectivity index (χ0) is 15.6. The summed E-state index contributed by atoms with van der Waals surface area (Å²) >= 11 is 0. The Morgan fingerprint density at radius 3 is 2.81 bits per heavy atom. The fourth-order valence-electron chi connectivity index (χ4n) is 1.95. The van der Waals surface area contributed by atoms with Crippen LogP contribution < -0.4 is 10.1 Å². The molecule has 1 unspecified atom stereocenters. The number of carbonyl (C=O) groups is 2. The molecule has 1 aromatic carbocycles. The molecule has 0 fully saturated rings. The van der Waals surface area contributed by atoms with Crippen molar-refractivity contribution in [3.05, 3.63) is 24.0 Å². The Morgan fingerprint density at radius 2 is 2.19 bits per heavy atom. The Hall–Kier alpha value is -2.57. The Labute approximate surface area is 121 Å². The molecule has 0 aliphatic carbocycles. The summed E-state index contributed by atoms with van der Waals surface area (Å²) in [5, 5.41) is 11.4. The molecule has 0 radical (unpaired) electrons. The fourth-order valence-corrected chi connectivity index (χ4v) is 1.95. The van der Waals surface area contributed by atoms with E-state index in [-0.39, 0.29) is 6.54 Å². The van der Waals surface area contributed by atoms with Gasteiger partial charge in [-0.05, 0) is 19.1 Å². The third-order valence-electron chi connectivity index (χ3n) is 3.37. The number of carbonyl (C=O) groups excluding carboxylic acids is 1. The summed E-state index contributed by atoms with van der Waals surface area (Å²) in [6.45, 7) is 1.52. The molecular weight excluding hydrogens is 274 g/mol. The predicted molar refractivity (Wildman–Crippen MR) is 75.9 cm³/mol. The van der Waals surface area contributed by atoms with Crippen molar-refractivity contribution in [3.63, 3.8) is 0 Å². The number of nitrogens with zero attached hydrogens (tertiary/aromatic N) is 2. The molecule has 21 heavy (non-hydrogen) atoms. The van der Waals surface area contributed by atoms with E-state index < -0.39 is 17.8 Å². The number of carboxylic acid groups (broad SMARTS) is 1. The lowest BCUT2D eigenvalue weighted by Crippen LogP contribution is -2.33. The van der Waals surface area contributed by atoms with Gasteiger partial charge in [0.05, 0.1) is 24.7 Å².